The van der Waals surface area contributed by atoms with Gasteiger partial charge in [-0.15, -0.1) is 0 Å². The third kappa shape index (κ3) is 4.72. The second-order valence-electron chi connectivity index (χ2n) is 3.85. The van der Waals surface area contributed by atoms with E-state index in [1.165, 1.54) is 11.0 Å². The summed E-state index contributed by atoms with van der Waals surface area (Å²) in [4.78, 5) is 23.3. The molecule has 0 aliphatic carbocycles. The third-order valence-electron chi connectivity index (χ3n) is 2.18. The van der Waals surface area contributed by atoms with E-state index in [-0.39, 0.29) is 25.4 Å². The highest BCUT2D eigenvalue weighted by molar-refractivity contribution is 9.10. The van der Waals surface area contributed by atoms with Crippen molar-refractivity contribution in [3.63, 3.8) is 0 Å². The van der Waals surface area contributed by atoms with Gasteiger partial charge in [0.05, 0.1) is 13.1 Å². The second-order valence-corrected chi connectivity index (χ2v) is 4.71. The Hall–Kier alpha value is -1.60. The molecule has 0 aromatic heterocycles. The second kappa shape index (κ2) is 6.36. The topological polar surface area (TPSA) is 110 Å². The molecule has 0 spiro atoms. The lowest BCUT2D eigenvalue weighted by Crippen LogP contribution is -2.39. The van der Waals surface area contributed by atoms with Crippen molar-refractivity contribution in [3.05, 3.63) is 28.2 Å². The number of amides is 2. The predicted octanol–water partition coefficient (Wildman–Crippen LogP) is -0.0727. The quantitative estimate of drug-likeness (QED) is 0.682. The Kier molecular flexibility index (Phi) is 5.11. The zero-order chi connectivity index (χ0) is 13.7. The van der Waals surface area contributed by atoms with Gasteiger partial charge in [-0.1, -0.05) is 15.9 Å². The van der Waals surface area contributed by atoms with E-state index >= 15 is 0 Å². The summed E-state index contributed by atoms with van der Waals surface area (Å²) in [5.41, 5.74) is 10.9. The van der Waals surface area contributed by atoms with Gasteiger partial charge in [0.15, 0.2) is 0 Å². The van der Waals surface area contributed by atoms with Crippen molar-refractivity contribution in [2.45, 2.75) is 6.54 Å². The number of benzene rings is 1. The Morgan fingerprint density at radius 3 is 2.28 bits per heavy atom. The van der Waals surface area contributed by atoms with E-state index in [0.29, 0.717) is 0 Å². The van der Waals surface area contributed by atoms with Crippen LogP contribution in [0.15, 0.2) is 22.7 Å². The maximum absolute atomic E-state index is 10.9. The number of halogens is 1. The summed E-state index contributed by atoms with van der Waals surface area (Å²) in [5.74, 6) is -0.994. The first-order valence-electron chi connectivity index (χ1n) is 5.15. The summed E-state index contributed by atoms with van der Waals surface area (Å²) in [6.45, 7) is 0.122. The fourth-order valence-electron chi connectivity index (χ4n) is 1.53. The molecule has 0 aliphatic heterocycles. The molecule has 7 heteroatoms. The number of aromatic hydroxyl groups is 1. The molecule has 98 valence electrons. The number of rotatable bonds is 6. The maximum atomic E-state index is 10.9. The number of carbonyl (C=O) groups excluding carboxylic acids is 2. The third-order valence-corrected chi connectivity index (χ3v) is 2.96. The van der Waals surface area contributed by atoms with Crippen molar-refractivity contribution in [1.82, 2.24) is 4.90 Å². The van der Waals surface area contributed by atoms with Crippen molar-refractivity contribution >= 4 is 27.7 Å². The lowest BCUT2D eigenvalue weighted by atomic mass is 10.2. The van der Waals surface area contributed by atoms with Gasteiger partial charge >= 0.3 is 0 Å². The number of hydrogen-bond donors (Lipinski definition) is 3. The molecule has 0 bridgehead atoms. The number of nitrogens with zero attached hydrogens (tertiary/aromatic N) is 1. The zero-order valence-electron chi connectivity index (χ0n) is 9.60. The minimum absolute atomic E-state index is 0.0783. The minimum Gasteiger partial charge on any atom is -0.508 e. The Labute approximate surface area is 113 Å². The molecule has 0 heterocycles. The average molecular weight is 316 g/mol. The number of phenols is 1. The van der Waals surface area contributed by atoms with Gasteiger partial charge < -0.3 is 16.6 Å². The largest absolute Gasteiger partial charge is 0.508 e. The van der Waals surface area contributed by atoms with Crippen LogP contribution in [-0.4, -0.2) is 34.9 Å². The first-order valence-corrected chi connectivity index (χ1v) is 5.94. The van der Waals surface area contributed by atoms with E-state index in [2.05, 4.69) is 15.9 Å². The molecule has 0 unspecified atom stereocenters. The lowest BCUT2D eigenvalue weighted by Gasteiger charge is -2.19. The fraction of sp³-hybridized carbons (Fsp3) is 0.273. The first kappa shape index (κ1) is 14.5. The van der Waals surface area contributed by atoms with E-state index in [1.807, 2.05) is 0 Å². The summed E-state index contributed by atoms with van der Waals surface area (Å²) in [6.07, 6.45) is 0. The van der Waals surface area contributed by atoms with Crippen LogP contribution in [0, 0.1) is 0 Å². The average Bonchev–Trinajstić information content (AvgIpc) is 2.21. The van der Waals surface area contributed by atoms with Gasteiger partial charge in [-0.05, 0) is 23.8 Å². The van der Waals surface area contributed by atoms with Gasteiger partial charge in [-0.2, -0.15) is 0 Å². The van der Waals surface area contributed by atoms with E-state index < -0.39 is 11.8 Å². The van der Waals surface area contributed by atoms with E-state index in [0.717, 1.165) is 10.0 Å². The van der Waals surface area contributed by atoms with Crippen molar-refractivity contribution in [2.75, 3.05) is 13.1 Å². The summed E-state index contributed by atoms with van der Waals surface area (Å²) < 4.78 is 0.763. The zero-order valence-corrected chi connectivity index (χ0v) is 11.2. The van der Waals surface area contributed by atoms with Crippen LogP contribution in [0.2, 0.25) is 0 Å². The van der Waals surface area contributed by atoms with Crippen LogP contribution >= 0.6 is 15.9 Å². The van der Waals surface area contributed by atoms with Crippen molar-refractivity contribution < 1.29 is 14.7 Å². The van der Waals surface area contributed by atoms with Gasteiger partial charge in [-0.3, -0.25) is 14.5 Å². The smallest absolute Gasteiger partial charge is 0.231 e. The van der Waals surface area contributed by atoms with Gasteiger partial charge in [0.1, 0.15) is 5.75 Å². The number of phenolic OH excluding ortho intramolecular Hbond substituents is 1. The molecule has 1 aromatic carbocycles. The molecule has 5 N–H and O–H groups in total. The van der Waals surface area contributed by atoms with Crippen LogP contribution < -0.4 is 11.5 Å². The molecule has 0 aliphatic rings. The monoisotopic (exact) mass is 315 g/mol. The first-order chi connectivity index (χ1) is 8.38. The van der Waals surface area contributed by atoms with Crippen molar-refractivity contribution in [3.8, 4) is 5.75 Å². The van der Waals surface area contributed by atoms with Gasteiger partial charge in [0.25, 0.3) is 0 Å². The van der Waals surface area contributed by atoms with Crippen molar-refractivity contribution in [2.24, 2.45) is 11.5 Å². The van der Waals surface area contributed by atoms with Crippen LogP contribution in [0.5, 0.6) is 5.75 Å². The molecule has 0 fully saturated rings. The molecular weight excluding hydrogens is 302 g/mol. The predicted molar refractivity (Wildman–Crippen MR) is 69.5 cm³/mol. The summed E-state index contributed by atoms with van der Waals surface area (Å²) in [7, 11) is 0. The van der Waals surface area contributed by atoms with Crippen LogP contribution in [0.4, 0.5) is 0 Å². The molecule has 6 nitrogen and oxygen atoms in total. The molecule has 0 saturated heterocycles. The lowest BCUT2D eigenvalue weighted by molar-refractivity contribution is -0.122. The Morgan fingerprint density at radius 2 is 1.78 bits per heavy atom. The Balaban J connectivity index is 2.84. The van der Waals surface area contributed by atoms with E-state index in [9.17, 15) is 14.7 Å². The van der Waals surface area contributed by atoms with Gasteiger partial charge in [-0.25, -0.2) is 0 Å². The molecule has 0 atom stereocenters. The summed E-state index contributed by atoms with van der Waals surface area (Å²) in [5, 5.41) is 9.39. The van der Waals surface area contributed by atoms with Crippen LogP contribution in [0.25, 0.3) is 0 Å². The highest BCUT2D eigenvalue weighted by atomic mass is 79.9. The molecule has 18 heavy (non-hydrogen) atoms. The Bertz CT molecular complexity index is 449. The van der Waals surface area contributed by atoms with Crippen molar-refractivity contribution in [1.29, 1.82) is 0 Å². The highest BCUT2D eigenvalue weighted by Crippen LogP contribution is 2.22. The number of primary amides is 2. The highest BCUT2D eigenvalue weighted by Gasteiger charge is 2.13. The summed E-state index contributed by atoms with van der Waals surface area (Å²) in [6, 6.07) is 4.75. The number of carbonyl (C=O) groups is 2. The molecular formula is C11H14BrN3O3. The number of hydrogen-bond acceptors (Lipinski definition) is 4. The summed E-state index contributed by atoms with van der Waals surface area (Å²) >= 11 is 3.32. The van der Waals surface area contributed by atoms with E-state index in [1.54, 1.807) is 12.1 Å². The van der Waals surface area contributed by atoms with E-state index in [4.69, 9.17) is 11.5 Å². The van der Waals surface area contributed by atoms with Crippen LogP contribution in [-0.2, 0) is 16.1 Å². The minimum atomic E-state index is -0.549. The maximum Gasteiger partial charge on any atom is 0.231 e. The molecule has 0 saturated carbocycles. The van der Waals surface area contributed by atoms with Gasteiger partial charge in [0.2, 0.25) is 11.8 Å². The SMILES string of the molecule is NC(=O)CN(CC(N)=O)Cc1cc(O)ccc1Br. The van der Waals surface area contributed by atoms with Crippen LogP contribution in [0.3, 0.4) is 0 Å². The molecule has 0 radical (unpaired) electrons. The number of nitrogens with two attached hydrogens (primary N) is 2. The molecule has 2 amide bonds. The Morgan fingerprint density at radius 1 is 1.22 bits per heavy atom. The molecule has 1 rings (SSSR count). The molecule has 1 aromatic rings. The fourth-order valence-corrected chi connectivity index (χ4v) is 1.90. The standard InChI is InChI=1S/C11H14BrN3O3/c12-9-2-1-8(16)3-7(9)4-15(5-10(13)17)6-11(14)18/h1-3,16H,4-6H2,(H2,13,17)(H2,14,18). The van der Waals surface area contributed by atoms with Crippen LogP contribution in [0.1, 0.15) is 5.56 Å². The van der Waals surface area contributed by atoms with Gasteiger partial charge in [0, 0.05) is 11.0 Å². The normalized spacial score (nSPS) is 10.6.